The zero-order valence-electron chi connectivity index (χ0n) is 17.3. The number of rotatable bonds is 6. The molecule has 1 amide bonds. The molecule has 0 saturated carbocycles. The van der Waals surface area contributed by atoms with Gasteiger partial charge in [0.1, 0.15) is 5.82 Å². The molecule has 1 aromatic carbocycles. The molecule has 0 unspecified atom stereocenters. The van der Waals surface area contributed by atoms with E-state index in [9.17, 15) is 4.79 Å². The molecule has 2 aromatic heterocycles. The normalized spacial score (nSPS) is 14.5. The van der Waals surface area contributed by atoms with E-state index in [1.165, 1.54) is 5.56 Å². The standard InChI is InChI=1S/C24H27N5O/c1-18-14-22(28-24(27-18)21-8-5-11-25-16-21)26-17-23(30)29-12-9-20(10-13-29)15-19-6-3-2-4-7-19/h2-8,11,14,16,20H,9-10,12-13,15,17H2,1H3,(H,26,27,28). The summed E-state index contributed by atoms with van der Waals surface area (Å²) in [6.45, 7) is 3.81. The molecular weight excluding hydrogens is 374 g/mol. The molecule has 6 heteroatoms. The number of aryl methyl sites for hydroxylation is 1. The van der Waals surface area contributed by atoms with Crippen LogP contribution in [0.1, 0.15) is 24.1 Å². The maximum atomic E-state index is 12.7. The number of nitrogens with one attached hydrogen (secondary N) is 1. The molecule has 0 atom stereocenters. The molecule has 6 nitrogen and oxygen atoms in total. The van der Waals surface area contributed by atoms with E-state index in [1.54, 1.807) is 12.4 Å². The van der Waals surface area contributed by atoms with Crippen LogP contribution in [0.2, 0.25) is 0 Å². The maximum absolute atomic E-state index is 12.7. The number of carbonyl (C=O) groups excluding carboxylic acids is 1. The van der Waals surface area contributed by atoms with Gasteiger partial charge in [0, 0.05) is 42.8 Å². The molecule has 0 aliphatic carbocycles. The first-order valence-electron chi connectivity index (χ1n) is 10.5. The number of amides is 1. The predicted molar refractivity (Wildman–Crippen MR) is 118 cm³/mol. The fourth-order valence-corrected chi connectivity index (χ4v) is 3.90. The van der Waals surface area contributed by atoms with Crippen LogP contribution >= 0.6 is 0 Å². The van der Waals surface area contributed by atoms with Crippen molar-refractivity contribution in [2.24, 2.45) is 5.92 Å². The van der Waals surface area contributed by atoms with E-state index in [1.807, 2.05) is 30.0 Å². The third-order valence-corrected chi connectivity index (χ3v) is 5.53. The van der Waals surface area contributed by atoms with Gasteiger partial charge < -0.3 is 10.2 Å². The third kappa shape index (κ3) is 5.20. The van der Waals surface area contributed by atoms with Gasteiger partial charge in [-0.25, -0.2) is 9.97 Å². The minimum Gasteiger partial charge on any atom is -0.361 e. The van der Waals surface area contributed by atoms with Gasteiger partial charge in [-0.3, -0.25) is 9.78 Å². The molecule has 1 aliphatic heterocycles. The van der Waals surface area contributed by atoms with E-state index in [4.69, 9.17) is 0 Å². The molecule has 3 aromatic rings. The molecule has 30 heavy (non-hydrogen) atoms. The molecule has 1 fully saturated rings. The van der Waals surface area contributed by atoms with Crippen LogP contribution in [0.15, 0.2) is 60.9 Å². The first-order valence-corrected chi connectivity index (χ1v) is 10.5. The highest BCUT2D eigenvalue weighted by molar-refractivity contribution is 5.80. The highest BCUT2D eigenvalue weighted by Gasteiger charge is 2.22. The van der Waals surface area contributed by atoms with Crippen molar-refractivity contribution in [1.29, 1.82) is 0 Å². The van der Waals surface area contributed by atoms with Crippen molar-refractivity contribution < 1.29 is 4.79 Å². The third-order valence-electron chi connectivity index (χ3n) is 5.53. The van der Waals surface area contributed by atoms with Gasteiger partial charge >= 0.3 is 0 Å². The Labute approximate surface area is 177 Å². The van der Waals surface area contributed by atoms with Gasteiger partial charge in [-0.1, -0.05) is 30.3 Å². The second kappa shape index (κ2) is 9.48. The van der Waals surface area contributed by atoms with E-state index in [0.717, 1.165) is 43.6 Å². The van der Waals surface area contributed by atoms with Crippen LogP contribution < -0.4 is 5.32 Å². The number of likely N-dealkylation sites (tertiary alicyclic amines) is 1. The highest BCUT2D eigenvalue weighted by Crippen LogP contribution is 2.22. The number of anilines is 1. The molecule has 0 radical (unpaired) electrons. The first kappa shape index (κ1) is 20.0. The van der Waals surface area contributed by atoms with Crippen LogP contribution in [0.4, 0.5) is 5.82 Å². The molecule has 1 N–H and O–H groups in total. The fourth-order valence-electron chi connectivity index (χ4n) is 3.90. The van der Waals surface area contributed by atoms with Crippen LogP contribution in [-0.4, -0.2) is 45.4 Å². The Morgan fingerprint density at radius 3 is 2.63 bits per heavy atom. The molecule has 154 valence electrons. The second-order valence-corrected chi connectivity index (χ2v) is 7.83. The van der Waals surface area contributed by atoms with Crippen LogP contribution in [-0.2, 0) is 11.2 Å². The summed E-state index contributed by atoms with van der Waals surface area (Å²) in [7, 11) is 0. The van der Waals surface area contributed by atoms with Crippen molar-refractivity contribution in [2.75, 3.05) is 25.0 Å². The summed E-state index contributed by atoms with van der Waals surface area (Å²) in [5.41, 5.74) is 3.09. The van der Waals surface area contributed by atoms with Crippen molar-refractivity contribution in [2.45, 2.75) is 26.2 Å². The number of nitrogens with zero attached hydrogens (tertiary/aromatic N) is 4. The SMILES string of the molecule is Cc1cc(NCC(=O)N2CCC(Cc3ccccc3)CC2)nc(-c2cccnc2)n1. The van der Waals surface area contributed by atoms with Crippen LogP contribution in [0.5, 0.6) is 0 Å². The Balaban J connectivity index is 1.30. The van der Waals surface area contributed by atoms with Crippen molar-refractivity contribution in [1.82, 2.24) is 19.9 Å². The first-order chi connectivity index (χ1) is 14.7. The number of hydrogen-bond acceptors (Lipinski definition) is 5. The molecule has 1 saturated heterocycles. The molecular formula is C24H27N5O. The predicted octanol–water partition coefficient (Wildman–Crippen LogP) is 3.74. The average molecular weight is 402 g/mol. The minimum absolute atomic E-state index is 0.118. The average Bonchev–Trinajstić information content (AvgIpc) is 2.79. The molecule has 1 aliphatic rings. The lowest BCUT2D eigenvalue weighted by Crippen LogP contribution is -2.41. The van der Waals surface area contributed by atoms with Gasteiger partial charge in [0.25, 0.3) is 0 Å². The number of piperidine rings is 1. The monoisotopic (exact) mass is 401 g/mol. The number of pyridine rings is 1. The Kier molecular flexibility index (Phi) is 6.32. The van der Waals surface area contributed by atoms with Gasteiger partial charge in [-0.15, -0.1) is 0 Å². The Morgan fingerprint density at radius 2 is 1.90 bits per heavy atom. The minimum atomic E-state index is 0.118. The summed E-state index contributed by atoms with van der Waals surface area (Å²) in [4.78, 5) is 27.8. The van der Waals surface area contributed by atoms with Crippen molar-refractivity contribution >= 4 is 11.7 Å². The van der Waals surface area contributed by atoms with Gasteiger partial charge in [0.2, 0.25) is 5.91 Å². The Morgan fingerprint density at radius 1 is 1.10 bits per heavy atom. The van der Waals surface area contributed by atoms with Crippen LogP contribution in [0.25, 0.3) is 11.4 Å². The maximum Gasteiger partial charge on any atom is 0.241 e. The largest absolute Gasteiger partial charge is 0.361 e. The smallest absolute Gasteiger partial charge is 0.241 e. The molecule has 0 spiro atoms. The molecule has 3 heterocycles. The number of benzene rings is 1. The number of hydrogen-bond donors (Lipinski definition) is 1. The van der Waals surface area contributed by atoms with Gasteiger partial charge in [0.05, 0.1) is 6.54 Å². The molecule has 0 bridgehead atoms. The van der Waals surface area contributed by atoms with E-state index >= 15 is 0 Å². The quantitative estimate of drug-likeness (QED) is 0.681. The summed E-state index contributed by atoms with van der Waals surface area (Å²) >= 11 is 0. The van der Waals surface area contributed by atoms with Crippen molar-refractivity contribution in [3.63, 3.8) is 0 Å². The summed E-state index contributed by atoms with van der Waals surface area (Å²) in [6.07, 6.45) is 6.67. The zero-order chi connectivity index (χ0) is 20.8. The Bertz CT molecular complexity index is 969. The van der Waals surface area contributed by atoms with Crippen LogP contribution in [0, 0.1) is 12.8 Å². The topological polar surface area (TPSA) is 71.0 Å². The summed E-state index contributed by atoms with van der Waals surface area (Å²) in [5.74, 6) is 2.04. The van der Waals surface area contributed by atoms with E-state index in [0.29, 0.717) is 17.6 Å². The summed E-state index contributed by atoms with van der Waals surface area (Å²) < 4.78 is 0. The highest BCUT2D eigenvalue weighted by atomic mass is 16.2. The van der Waals surface area contributed by atoms with E-state index in [2.05, 4.69) is 50.6 Å². The lowest BCUT2D eigenvalue weighted by atomic mass is 9.90. The fraction of sp³-hybridized carbons (Fsp3) is 0.333. The van der Waals surface area contributed by atoms with E-state index in [-0.39, 0.29) is 12.5 Å². The van der Waals surface area contributed by atoms with Gasteiger partial charge in [-0.05, 0) is 49.8 Å². The summed E-state index contributed by atoms with van der Waals surface area (Å²) in [5, 5.41) is 3.18. The zero-order valence-corrected chi connectivity index (χ0v) is 17.3. The van der Waals surface area contributed by atoms with Gasteiger partial charge in [0.15, 0.2) is 5.82 Å². The lowest BCUT2D eigenvalue weighted by molar-refractivity contribution is -0.130. The number of aromatic nitrogens is 3. The Hall–Kier alpha value is -3.28. The summed E-state index contributed by atoms with van der Waals surface area (Å²) in [6, 6.07) is 16.3. The molecule has 4 rings (SSSR count). The second-order valence-electron chi connectivity index (χ2n) is 7.83. The van der Waals surface area contributed by atoms with Crippen molar-refractivity contribution in [3.05, 3.63) is 72.2 Å². The van der Waals surface area contributed by atoms with Crippen LogP contribution in [0.3, 0.4) is 0 Å². The van der Waals surface area contributed by atoms with E-state index < -0.39 is 0 Å². The van der Waals surface area contributed by atoms with Crippen molar-refractivity contribution in [3.8, 4) is 11.4 Å². The lowest BCUT2D eigenvalue weighted by Gasteiger charge is -2.32. The van der Waals surface area contributed by atoms with Gasteiger partial charge in [-0.2, -0.15) is 0 Å². The number of carbonyl (C=O) groups is 1.